The summed E-state index contributed by atoms with van der Waals surface area (Å²) in [6.45, 7) is 7.68. The standard InChI is InChI=1S/C27H42N2OS/c1-4-6-7-8-9-12-19-30-26-17-15-24(16-18-26)25-21-28-27(29-22-25)31-20-13-10-11-14-23(3)5-2/h15-18,21-23H,4-14,19-20H2,1-3H3. The van der Waals surface area contributed by atoms with Crippen molar-refractivity contribution in [3.63, 3.8) is 0 Å². The summed E-state index contributed by atoms with van der Waals surface area (Å²) in [6, 6.07) is 8.29. The molecule has 0 aliphatic heterocycles. The summed E-state index contributed by atoms with van der Waals surface area (Å²) in [4.78, 5) is 9.10. The monoisotopic (exact) mass is 442 g/mol. The topological polar surface area (TPSA) is 35.0 Å². The Bertz CT molecular complexity index is 687. The smallest absolute Gasteiger partial charge is 0.187 e. The highest BCUT2D eigenvalue weighted by atomic mass is 32.2. The molecule has 0 aliphatic carbocycles. The average molecular weight is 443 g/mol. The number of ether oxygens (including phenoxy) is 1. The van der Waals surface area contributed by atoms with E-state index in [1.165, 1.54) is 64.2 Å². The van der Waals surface area contributed by atoms with Gasteiger partial charge >= 0.3 is 0 Å². The Balaban J connectivity index is 1.65. The highest BCUT2D eigenvalue weighted by Crippen LogP contribution is 2.23. The van der Waals surface area contributed by atoms with E-state index in [-0.39, 0.29) is 0 Å². The minimum Gasteiger partial charge on any atom is -0.494 e. The maximum absolute atomic E-state index is 5.88. The van der Waals surface area contributed by atoms with Gasteiger partial charge < -0.3 is 4.74 Å². The summed E-state index contributed by atoms with van der Waals surface area (Å²) in [5.41, 5.74) is 2.19. The zero-order valence-corrected chi connectivity index (χ0v) is 20.8. The minimum absolute atomic E-state index is 0.804. The fourth-order valence-corrected chi connectivity index (χ4v) is 4.28. The minimum atomic E-state index is 0.804. The molecule has 2 aromatic rings. The Labute approximate surface area is 194 Å². The van der Waals surface area contributed by atoms with Crippen LogP contribution in [0.4, 0.5) is 0 Å². The quantitative estimate of drug-likeness (QED) is 0.140. The highest BCUT2D eigenvalue weighted by Gasteiger charge is 2.03. The molecule has 0 aliphatic rings. The molecule has 0 N–H and O–H groups in total. The first-order valence-electron chi connectivity index (χ1n) is 12.4. The molecule has 0 spiro atoms. The normalized spacial score (nSPS) is 12.1. The predicted molar refractivity (Wildman–Crippen MR) is 135 cm³/mol. The lowest BCUT2D eigenvalue weighted by Gasteiger charge is -2.08. The maximum atomic E-state index is 5.88. The van der Waals surface area contributed by atoms with Gasteiger partial charge in [0, 0.05) is 23.7 Å². The van der Waals surface area contributed by atoms with Gasteiger partial charge in [-0.05, 0) is 36.5 Å². The molecule has 1 heterocycles. The zero-order chi connectivity index (χ0) is 22.2. The van der Waals surface area contributed by atoms with E-state index in [9.17, 15) is 0 Å². The molecule has 172 valence electrons. The third-order valence-electron chi connectivity index (χ3n) is 5.85. The van der Waals surface area contributed by atoms with E-state index >= 15 is 0 Å². The molecular weight excluding hydrogens is 400 g/mol. The van der Waals surface area contributed by atoms with Gasteiger partial charge in [0.25, 0.3) is 0 Å². The Morgan fingerprint density at radius 3 is 2.19 bits per heavy atom. The number of benzene rings is 1. The van der Waals surface area contributed by atoms with Crippen LogP contribution in [0.25, 0.3) is 11.1 Å². The van der Waals surface area contributed by atoms with Crippen molar-refractivity contribution in [1.29, 1.82) is 0 Å². The predicted octanol–water partition coefficient (Wildman–Crippen LogP) is 8.58. The molecule has 1 aromatic carbocycles. The van der Waals surface area contributed by atoms with E-state index in [4.69, 9.17) is 4.74 Å². The first kappa shape index (κ1) is 25.7. The molecule has 0 saturated carbocycles. The Kier molecular flexibility index (Phi) is 13.4. The van der Waals surface area contributed by atoms with Gasteiger partial charge in [-0.1, -0.05) is 102 Å². The van der Waals surface area contributed by atoms with Crippen LogP contribution in [0.2, 0.25) is 0 Å². The molecular formula is C27H42N2OS. The largest absolute Gasteiger partial charge is 0.494 e. The zero-order valence-electron chi connectivity index (χ0n) is 19.9. The van der Waals surface area contributed by atoms with E-state index in [1.54, 1.807) is 11.8 Å². The Morgan fingerprint density at radius 1 is 0.806 bits per heavy atom. The number of nitrogens with zero attached hydrogens (tertiary/aromatic N) is 2. The summed E-state index contributed by atoms with van der Waals surface area (Å²) in [5.74, 6) is 2.91. The Morgan fingerprint density at radius 2 is 1.48 bits per heavy atom. The number of unbranched alkanes of at least 4 members (excludes halogenated alkanes) is 7. The van der Waals surface area contributed by atoms with Crippen LogP contribution in [0.15, 0.2) is 41.8 Å². The third-order valence-corrected chi connectivity index (χ3v) is 6.81. The molecule has 0 bridgehead atoms. The second-order valence-electron chi connectivity index (χ2n) is 8.61. The number of hydrogen-bond acceptors (Lipinski definition) is 4. The fourth-order valence-electron chi connectivity index (χ4n) is 3.50. The van der Waals surface area contributed by atoms with Crippen LogP contribution < -0.4 is 4.74 Å². The third kappa shape index (κ3) is 11.0. The molecule has 2 rings (SSSR count). The molecule has 0 radical (unpaired) electrons. The van der Waals surface area contributed by atoms with E-state index in [2.05, 4.69) is 55.0 Å². The summed E-state index contributed by atoms with van der Waals surface area (Å²) in [5, 5.41) is 0.879. The lowest BCUT2D eigenvalue weighted by molar-refractivity contribution is 0.304. The molecule has 31 heavy (non-hydrogen) atoms. The highest BCUT2D eigenvalue weighted by molar-refractivity contribution is 7.99. The van der Waals surface area contributed by atoms with Crippen molar-refractivity contribution in [2.24, 2.45) is 5.92 Å². The van der Waals surface area contributed by atoms with Crippen molar-refractivity contribution >= 4 is 11.8 Å². The summed E-state index contributed by atoms with van der Waals surface area (Å²) in [7, 11) is 0. The first-order chi connectivity index (χ1) is 15.2. The van der Waals surface area contributed by atoms with Crippen molar-refractivity contribution in [2.75, 3.05) is 12.4 Å². The maximum Gasteiger partial charge on any atom is 0.187 e. The average Bonchev–Trinajstić information content (AvgIpc) is 2.81. The van der Waals surface area contributed by atoms with Gasteiger partial charge in [0.05, 0.1) is 6.61 Å². The molecule has 3 nitrogen and oxygen atoms in total. The van der Waals surface area contributed by atoms with Crippen LogP contribution in [-0.2, 0) is 0 Å². The van der Waals surface area contributed by atoms with Gasteiger partial charge in [-0.15, -0.1) is 0 Å². The summed E-state index contributed by atoms with van der Waals surface area (Å²) >= 11 is 1.77. The molecule has 0 saturated heterocycles. The van der Waals surface area contributed by atoms with Crippen LogP contribution >= 0.6 is 11.8 Å². The van der Waals surface area contributed by atoms with Crippen LogP contribution in [-0.4, -0.2) is 22.3 Å². The Hall–Kier alpha value is -1.55. The van der Waals surface area contributed by atoms with Gasteiger partial charge in [0.15, 0.2) is 5.16 Å². The van der Waals surface area contributed by atoms with Crippen molar-refractivity contribution in [1.82, 2.24) is 9.97 Å². The van der Waals surface area contributed by atoms with Crippen LogP contribution in [0.1, 0.15) is 91.4 Å². The van der Waals surface area contributed by atoms with Gasteiger partial charge in [-0.3, -0.25) is 0 Å². The SMILES string of the molecule is CCCCCCCCOc1ccc(-c2cnc(SCCCCCC(C)CC)nc2)cc1. The summed E-state index contributed by atoms with van der Waals surface area (Å²) in [6.07, 6.45) is 18.1. The van der Waals surface area contributed by atoms with Gasteiger partial charge in [-0.2, -0.15) is 0 Å². The van der Waals surface area contributed by atoms with Crippen LogP contribution in [0.5, 0.6) is 5.75 Å². The molecule has 0 amide bonds. The van der Waals surface area contributed by atoms with Crippen LogP contribution in [0.3, 0.4) is 0 Å². The van der Waals surface area contributed by atoms with E-state index < -0.39 is 0 Å². The number of thioether (sulfide) groups is 1. The van der Waals surface area contributed by atoms with Crippen molar-refractivity contribution in [3.8, 4) is 16.9 Å². The number of aromatic nitrogens is 2. The van der Waals surface area contributed by atoms with Gasteiger partial charge in [-0.25, -0.2) is 9.97 Å². The molecule has 1 unspecified atom stereocenters. The molecule has 4 heteroatoms. The lowest BCUT2D eigenvalue weighted by Crippen LogP contribution is -1.97. The van der Waals surface area contributed by atoms with Crippen molar-refractivity contribution < 1.29 is 4.74 Å². The van der Waals surface area contributed by atoms with E-state index in [0.717, 1.165) is 46.7 Å². The number of hydrogen-bond donors (Lipinski definition) is 0. The van der Waals surface area contributed by atoms with Crippen molar-refractivity contribution in [3.05, 3.63) is 36.7 Å². The van der Waals surface area contributed by atoms with Gasteiger partial charge in [0.2, 0.25) is 0 Å². The van der Waals surface area contributed by atoms with Crippen LogP contribution in [0, 0.1) is 5.92 Å². The number of rotatable bonds is 17. The second kappa shape index (κ2) is 16.1. The van der Waals surface area contributed by atoms with E-state index in [0.29, 0.717) is 0 Å². The van der Waals surface area contributed by atoms with Gasteiger partial charge in [0.1, 0.15) is 5.75 Å². The fraction of sp³-hybridized carbons (Fsp3) is 0.630. The van der Waals surface area contributed by atoms with Crippen molar-refractivity contribution in [2.45, 2.75) is 96.6 Å². The van der Waals surface area contributed by atoms with E-state index in [1.807, 2.05) is 12.4 Å². The first-order valence-corrected chi connectivity index (χ1v) is 13.4. The lowest BCUT2D eigenvalue weighted by atomic mass is 10.0. The molecule has 1 atom stereocenters. The second-order valence-corrected chi connectivity index (χ2v) is 9.67. The summed E-state index contributed by atoms with van der Waals surface area (Å²) < 4.78 is 5.88. The molecule has 1 aromatic heterocycles. The molecule has 0 fully saturated rings.